The second kappa shape index (κ2) is 6.72. The Morgan fingerprint density at radius 3 is 2.70 bits per heavy atom. The highest BCUT2D eigenvalue weighted by atomic mass is 79.9. The van der Waals surface area contributed by atoms with E-state index in [2.05, 4.69) is 35.0 Å². The van der Waals surface area contributed by atoms with Crippen molar-refractivity contribution in [1.82, 2.24) is 4.90 Å². The van der Waals surface area contributed by atoms with Crippen LogP contribution in [0.15, 0.2) is 28.7 Å². The molecule has 0 aromatic heterocycles. The van der Waals surface area contributed by atoms with Gasteiger partial charge in [0.1, 0.15) is 0 Å². The van der Waals surface area contributed by atoms with Crippen molar-refractivity contribution in [2.24, 2.45) is 5.92 Å². The van der Waals surface area contributed by atoms with Crippen molar-refractivity contribution in [2.45, 2.75) is 38.7 Å². The molecule has 1 saturated heterocycles. The Labute approximate surface area is 129 Å². The summed E-state index contributed by atoms with van der Waals surface area (Å²) in [6.45, 7) is 5.36. The molecule has 3 unspecified atom stereocenters. The number of nitrogens with zero attached hydrogens (tertiary/aromatic N) is 1. The van der Waals surface area contributed by atoms with Gasteiger partial charge in [0.25, 0.3) is 0 Å². The summed E-state index contributed by atoms with van der Waals surface area (Å²) >= 11 is 3.42. The number of carbonyl (C=O) groups excluding carboxylic acids is 1. The summed E-state index contributed by atoms with van der Waals surface area (Å²) in [5.41, 5.74) is 1.17. The number of benzene rings is 1. The third-order valence-electron chi connectivity index (χ3n) is 4.19. The number of hydrogen-bond acceptors (Lipinski definition) is 2. The summed E-state index contributed by atoms with van der Waals surface area (Å²) < 4.78 is 1.05. The summed E-state index contributed by atoms with van der Waals surface area (Å²) in [5, 5.41) is 9.88. The van der Waals surface area contributed by atoms with Gasteiger partial charge in [0, 0.05) is 24.0 Å². The number of β-amino-alcohol motifs (C(OH)–C–C–N with tert-alkyl or cyclic N) is 1. The summed E-state index contributed by atoms with van der Waals surface area (Å²) in [4.78, 5) is 14.1. The van der Waals surface area contributed by atoms with E-state index in [1.54, 1.807) is 4.90 Å². The van der Waals surface area contributed by atoms with Crippen LogP contribution < -0.4 is 0 Å². The largest absolute Gasteiger partial charge is 0.391 e. The van der Waals surface area contributed by atoms with Gasteiger partial charge in [0.05, 0.1) is 6.10 Å². The Morgan fingerprint density at radius 2 is 2.10 bits per heavy atom. The highest BCUT2D eigenvalue weighted by Crippen LogP contribution is 2.24. The Hall–Kier alpha value is -0.870. The number of rotatable bonds is 3. The van der Waals surface area contributed by atoms with E-state index < -0.39 is 0 Å². The van der Waals surface area contributed by atoms with Crippen LogP contribution in [0.25, 0.3) is 0 Å². The summed E-state index contributed by atoms with van der Waals surface area (Å²) in [6, 6.07) is 8.11. The Morgan fingerprint density at radius 1 is 1.45 bits per heavy atom. The highest BCUT2D eigenvalue weighted by Gasteiger charge is 2.27. The van der Waals surface area contributed by atoms with E-state index in [0.717, 1.165) is 17.4 Å². The van der Waals surface area contributed by atoms with Crippen molar-refractivity contribution >= 4 is 21.8 Å². The zero-order valence-corrected chi connectivity index (χ0v) is 13.6. The predicted octanol–water partition coefficient (Wildman–Crippen LogP) is 3.17. The van der Waals surface area contributed by atoms with Gasteiger partial charge in [0.15, 0.2) is 0 Å². The Kier molecular flexibility index (Phi) is 5.22. The SMILES string of the molecule is CC(CC(=O)N1CCC(C)C(O)C1)c1ccc(Br)cc1. The number of halogens is 1. The van der Waals surface area contributed by atoms with Crippen molar-refractivity contribution in [2.75, 3.05) is 13.1 Å². The number of amides is 1. The first-order valence-corrected chi connectivity index (χ1v) is 7.98. The minimum absolute atomic E-state index is 0.145. The van der Waals surface area contributed by atoms with E-state index in [1.807, 2.05) is 19.1 Å². The fourth-order valence-electron chi connectivity index (χ4n) is 2.58. The Balaban J connectivity index is 1.92. The summed E-state index contributed by atoms with van der Waals surface area (Å²) in [6.07, 6.45) is 1.01. The molecule has 3 nitrogen and oxygen atoms in total. The van der Waals surface area contributed by atoms with Gasteiger partial charge in [-0.1, -0.05) is 41.9 Å². The minimum atomic E-state index is -0.379. The van der Waals surface area contributed by atoms with Gasteiger partial charge in [-0.15, -0.1) is 0 Å². The third kappa shape index (κ3) is 3.83. The lowest BCUT2D eigenvalue weighted by molar-refractivity contribution is -0.135. The predicted molar refractivity (Wildman–Crippen MR) is 83.5 cm³/mol. The maximum absolute atomic E-state index is 12.3. The Bertz CT molecular complexity index is 460. The number of aliphatic hydroxyl groups excluding tert-OH is 1. The van der Waals surface area contributed by atoms with Gasteiger partial charge in [-0.05, 0) is 36.0 Å². The molecule has 1 aromatic rings. The van der Waals surface area contributed by atoms with E-state index in [1.165, 1.54) is 5.56 Å². The van der Waals surface area contributed by atoms with E-state index >= 15 is 0 Å². The second-order valence-corrected chi connectivity index (χ2v) is 6.75. The van der Waals surface area contributed by atoms with Crippen LogP contribution in [0.2, 0.25) is 0 Å². The number of aliphatic hydroxyl groups is 1. The molecular weight excluding hydrogens is 318 g/mol. The molecule has 0 saturated carbocycles. The molecule has 1 amide bonds. The lowest BCUT2D eigenvalue weighted by atomic mass is 9.94. The zero-order valence-electron chi connectivity index (χ0n) is 12.1. The molecular formula is C16H22BrNO2. The molecule has 1 fully saturated rings. The van der Waals surface area contributed by atoms with Gasteiger partial charge in [-0.2, -0.15) is 0 Å². The van der Waals surface area contributed by atoms with E-state index in [4.69, 9.17) is 0 Å². The fourth-order valence-corrected chi connectivity index (χ4v) is 2.84. The maximum Gasteiger partial charge on any atom is 0.223 e. The molecule has 2 rings (SSSR count). The average Bonchev–Trinajstić information content (AvgIpc) is 2.42. The molecule has 3 atom stereocenters. The summed E-state index contributed by atoms with van der Waals surface area (Å²) in [5.74, 6) is 0.640. The molecule has 1 N–H and O–H groups in total. The first-order chi connectivity index (χ1) is 9.47. The van der Waals surface area contributed by atoms with Crippen LogP contribution >= 0.6 is 15.9 Å². The van der Waals surface area contributed by atoms with Crippen LogP contribution in [0.5, 0.6) is 0 Å². The maximum atomic E-state index is 12.3. The van der Waals surface area contributed by atoms with Crippen LogP contribution in [0, 0.1) is 5.92 Å². The molecule has 1 aliphatic heterocycles. The second-order valence-electron chi connectivity index (χ2n) is 5.83. The normalized spacial score (nSPS) is 24.5. The minimum Gasteiger partial charge on any atom is -0.391 e. The first kappa shape index (κ1) is 15.5. The molecule has 4 heteroatoms. The highest BCUT2D eigenvalue weighted by molar-refractivity contribution is 9.10. The lowest BCUT2D eigenvalue weighted by Gasteiger charge is -2.34. The summed E-state index contributed by atoms with van der Waals surface area (Å²) in [7, 11) is 0. The molecule has 20 heavy (non-hydrogen) atoms. The number of carbonyl (C=O) groups is 1. The van der Waals surface area contributed by atoms with Crippen molar-refractivity contribution in [1.29, 1.82) is 0 Å². The topological polar surface area (TPSA) is 40.5 Å². The first-order valence-electron chi connectivity index (χ1n) is 7.18. The molecule has 1 aliphatic rings. The van der Waals surface area contributed by atoms with Gasteiger partial charge in [-0.25, -0.2) is 0 Å². The molecule has 0 aliphatic carbocycles. The van der Waals surface area contributed by atoms with Gasteiger partial charge < -0.3 is 10.0 Å². The van der Waals surface area contributed by atoms with Gasteiger partial charge in [-0.3, -0.25) is 4.79 Å². The average molecular weight is 340 g/mol. The molecule has 0 radical (unpaired) electrons. The van der Waals surface area contributed by atoms with Crippen LogP contribution in [0.3, 0.4) is 0 Å². The van der Waals surface area contributed by atoms with Crippen molar-refractivity contribution in [3.05, 3.63) is 34.3 Å². The lowest BCUT2D eigenvalue weighted by Crippen LogP contribution is -2.46. The third-order valence-corrected chi connectivity index (χ3v) is 4.72. The fraction of sp³-hybridized carbons (Fsp3) is 0.562. The number of hydrogen-bond donors (Lipinski definition) is 1. The van der Waals surface area contributed by atoms with Gasteiger partial charge in [0.2, 0.25) is 5.91 Å². The molecule has 1 aromatic carbocycles. The molecule has 0 bridgehead atoms. The molecule has 0 spiro atoms. The standard InChI is InChI=1S/C16H22BrNO2/c1-11-7-8-18(10-15(11)19)16(20)9-12(2)13-3-5-14(17)6-4-13/h3-6,11-12,15,19H,7-10H2,1-2H3. The molecule has 110 valence electrons. The van der Waals surface area contributed by atoms with Crippen LogP contribution in [-0.4, -0.2) is 35.1 Å². The number of piperidine rings is 1. The van der Waals surface area contributed by atoms with Gasteiger partial charge >= 0.3 is 0 Å². The zero-order chi connectivity index (χ0) is 14.7. The molecule has 1 heterocycles. The van der Waals surface area contributed by atoms with E-state index in [9.17, 15) is 9.90 Å². The van der Waals surface area contributed by atoms with Crippen LogP contribution in [-0.2, 0) is 4.79 Å². The van der Waals surface area contributed by atoms with Crippen molar-refractivity contribution in [3.63, 3.8) is 0 Å². The van der Waals surface area contributed by atoms with Crippen LogP contribution in [0.1, 0.15) is 38.2 Å². The smallest absolute Gasteiger partial charge is 0.223 e. The monoisotopic (exact) mass is 339 g/mol. The van der Waals surface area contributed by atoms with Crippen molar-refractivity contribution < 1.29 is 9.90 Å². The quantitative estimate of drug-likeness (QED) is 0.918. The van der Waals surface area contributed by atoms with E-state index in [-0.39, 0.29) is 17.9 Å². The van der Waals surface area contributed by atoms with E-state index in [0.29, 0.717) is 18.9 Å². The number of likely N-dealkylation sites (tertiary alicyclic amines) is 1. The van der Waals surface area contributed by atoms with Crippen molar-refractivity contribution in [3.8, 4) is 0 Å². The van der Waals surface area contributed by atoms with Crippen LogP contribution in [0.4, 0.5) is 0 Å².